The zero-order valence-corrected chi connectivity index (χ0v) is 13.4. The van der Waals surface area contributed by atoms with Crippen molar-refractivity contribution in [1.82, 2.24) is 9.97 Å². The summed E-state index contributed by atoms with van der Waals surface area (Å²) in [7, 11) is 0. The first-order valence-corrected chi connectivity index (χ1v) is 7.66. The van der Waals surface area contributed by atoms with E-state index in [-0.39, 0.29) is 5.96 Å². The number of guanidine groups is 1. The monoisotopic (exact) mass is 293 g/mol. The van der Waals surface area contributed by atoms with Gasteiger partial charge >= 0.3 is 0 Å². The lowest BCUT2D eigenvalue weighted by molar-refractivity contribution is 0.139. The molecule has 0 saturated heterocycles. The Labute approximate surface area is 127 Å². The summed E-state index contributed by atoms with van der Waals surface area (Å²) in [5.41, 5.74) is 7.48. The molecule has 0 unspecified atom stereocenters. The van der Waals surface area contributed by atoms with E-state index in [9.17, 15) is 0 Å². The van der Waals surface area contributed by atoms with Gasteiger partial charge in [0.2, 0.25) is 11.9 Å². The summed E-state index contributed by atoms with van der Waals surface area (Å²) in [6.07, 6.45) is 7.30. The maximum atomic E-state index is 5.72. The number of anilines is 1. The lowest BCUT2D eigenvalue weighted by Crippen LogP contribution is -2.24. The largest absolute Gasteiger partial charge is 0.393 e. The van der Waals surface area contributed by atoms with Crippen molar-refractivity contribution >= 4 is 11.9 Å². The number of hydrogen-bond donors (Lipinski definition) is 2. The van der Waals surface area contributed by atoms with Crippen molar-refractivity contribution in [2.24, 2.45) is 10.9 Å². The van der Waals surface area contributed by atoms with Gasteiger partial charge in [0.1, 0.15) is 6.61 Å². The Morgan fingerprint density at radius 2 is 1.76 bits per heavy atom. The summed E-state index contributed by atoms with van der Waals surface area (Å²) in [5, 5.41) is 6.64. The molecule has 1 aromatic heterocycles. The number of nitrogens with zero attached hydrogens (tertiary/aromatic N) is 3. The Kier molecular flexibility index (Phi) is 8.16. The molecule has 1 heterocycles. The maximum absolute atomic E-state index is 5.72. The normalized spacial score (nSPS) is 11.5. The second kappa shape index (κ2) is 9.96. The molecule has 6 heteroatoms. The van der Waals surface area contributed by atoms with Gasteiger partial charge in [-0.3, -0.25) is 5.32 Å². The first-order chi connectivity index (χ1) is 10.1. The molecule has 1 aromatic rings. The molecule has 21 heavy (non-hydrogen) atoms. The smallest absolute Gasteiger partial charge is 0.237 e. The Morgan fingerprint density at radius 1 is 1.14 bits per heavy atom. The minimum Gasteiger partial charge on any atom is -0.393 e. The van der Waals surface area contributed by atoms with Crippen LogP contribution in [0, 0.1) is 13.8 Å². The van der Waals surface area contributed by atoms with Crippen LogP contribution in [0.15, 0.2) is 11.2 Å². The fourth-order valence-corrected chi connectivity index (χ4v) is 1.98. The van der Waals surface area contributed by atoms with Crippen molar-refractivity contribution in [2.75, 3.05) is 11.9 Å². The summed E-state index contributed by atoms with van der Waals surface area (Å²) >= 11 is 0. The number of aromatic nitrogens is 2. The molecular formula is C15H27N5O. The highest BCUT2D eigenvalue weighted by atomic mass is 16.6. The van der Waals surface area contributed by atoms with E-state index in [0.29, 0.717) is 12.6 Å². The number of unbranched alkanes of at least 4 members (excludes halogenated alkanes) is 5. The number of oxime groups is 1. The van der Waals surface area contributed by atoms with E-state index in [0.717, 1.165) is 17.8 Å². The van der Waals surface area contributed by atoms with Gasteiger partial charge in [-0.05, 0) is 37.9 Å². The molecule has 118 valence electrons. The van der Waals surface area contributed by atoms with Crippen molar-refractivity contribution in [3.05, 3.63) is 17.5 Å². The topological polar surface area (TPSA) is 85.4 Å². The molecule has 0 spiro atoms. The summed E-state index contributed by atoms with van der Waals surface area (Å²) in [6, 6.07) is 1.90. The standard InChI is InChI=1S/C15H27N5O/c1-4-5-6-7-8-9-10-21-20-14(16)19-15-17-12(2)11-13(3)18-15/h11H,4-10H2,1-3H3,(H3,16,17,18,19,20). The minimum absolute atomic E-state index is 0.172. The lowest BCUT2D eigenvalue weighted by atomic mass is 10.1. The molecule has 0 aromatic carbocycles. The average Bonchev–Trinajstić information content (AvgIpc) is 2.40. The van der Waals surface area contributed by atoms with Crippen LogP contribution in [0.3, 0.4) is 0 Å². The van der Waals surface area contributed by atoms with Crippen LogP contribution >= 0.6 is 0 Å². The zero-order chi connectivity index (χ0) is 15.5. The number of nitrogens with two attached hydrogens (primary N) is 1. The van der Waals surface area contributed by atoms with Crippen LogP contribution in [0.5, 0.6) is 0 Å². The van der Waals surface area contributed by atoms with E-state index >= 15 is 0 Å². The molecule has 1 rings (SSSR count). The van der Waals surface area contributed by atoms with Gasteiger partial charge in [0.25, 0.3) is 0 Å². The van der Waals surface area contributed by atoms with E-state index < -0.39 is 0 Å². The molecule has 0 aliphatic carbocycles. The van der Waals surface area contributed by atoms with Crippen LogP contribution in [0.4, 0.5) is 5.95 Å². The molecule has 0 atom stereocenters. The quantitative estimate of drug-likeness (QED) is 0.316. The van der Waals surface area contributed by atoms with Crippen molar-refractivity contribution in [1.29, 1.82) is 0 Å². The van der Waals surface area contributed by atoms with Gasteiger partial charge < -0.3 is 10.6 Å². The number of aryl methyl sites for hydroxylation is 2. The molecule has 0 aliphatic heterocycles. The minimum atomic E-state index is 0.172. The van der Waals surface area contributed by atoms with Crippen molar-refractivity contribution < 1.29 is 4.84 Å². The van der Waals surface area contributed by atoms with Gasteiger partial charge in [0.05, 0.1) is 0 Å². The average molecular weight is 293 g/mol. The number of rotatable bonds is 9. The van der Waals surface area contributed by atoms with E-state index in [4.69, 9.17) is 10.6 Å². The van der Waals surface area contributed by atoms with Crippen LogP contribution in [0.1, 0.15) is 56.8 Å². The third-order valence-electron chi connectivity index (χ3n) is 2.97. The Hall–Kier alpha value is -1.85. The zero-order valence-electron chi connectivity index (χ0n) is 13.4. The second-order valence-electron chi connectivity index (χ2n) is 5.18. The van der Waals surface area contributed by atoms with Crippen LogP contribution < -0.4 is 11.1 Å². The van der Waals surface area contributed by atoms with Crippen molar-refractivity contribution in [2.45, 2.75) is 59.3 Å². The highest BCUT2D eigenvalue weighted by Crippen LogP contribution is 2.05. The fourth-order valence-electron chi connectivity index (χ4n) is 1.98. The maximum Gasteiger partial charge on any atom is 0.237 e. The third kappa shape index (κ3) is 8.12. The van der Waals surface area contributed by atoms with Crippen LogP contribution in [-0.4, -0.2) is 22.5 Å². The lowest BCUT2D eigenvalue weighted by Gasteiger charge is -2.05. The van der Waals surface area contributed by atoms with E-state index in [1.807, 2.05) is 19.9 Å². The van der Waals surface area contributed by atoms with Crippen LogP contribution in [0.25, 0.3) is 0 Å². The third-order valence-corrected chi connectivity index (χ3v) is 2.97. The fraction of sp³-hybridized carbons (Fsp3) is 0.667. The predicted octanol–water partition coefficient (Wildman–Crippen LogP) is 3.11. The Bertz CT molecular complexity index is 427. The van der Waals surface area contributed by atoms with Gasteiger partial charge in [-0.15, -0.1) is 0 Å². The summed E-state index contributed by atoms with van der Waals surface area (Å²) in [5.74, 6) is 0.614. The number of hydrogen-bond acceptors (Lipinski definition) is 4. The van der Waals surface area contributed by atoms with E-state index in [1.165, 1.54) is 32.1 Å². The Balaban J connectivity index is 2.21. The van der Waals surface area contributed by atoms with Crippen LogP contribution in [0.2, 0.25) is 0 Å². The molecule has 0 bridgehead atoms. The summed E-state index contributed by atoms with van der Waals surface area (Å²) in [4.78, 5) is 13.6. The van der Waals surface area contributed by atoms with E-state index in [1.54, 1.807) is 0 Å². The van der Waals surface area contributed by atoms with Crippen LogP contribution in [-0.2, 0) is 4.84 Å². The van der Waals surface area contributed by atoms with Crippen molar-refractivity contribution in [3.8, 4) is 0 Å². The van der Waals surface area contributed by atoms with Crippen molar-refractivity contribution in [3.63, 3.8) is 0 Å². The first kappa shape index (κ1) is 17.2. The predicted molar refractivity (Wildman–Crippen MR) is 86.1 cm³/mol. The Morgan fingerprint density at radius 3 is 2.43 bits per heavy atom. The SMILES string of the molecule is CCCCCCCCO/N=C(\N)Nc1nc(C)cc(C)n1. The van der Waals surface area contributed by atoms with Gasteiger partial charge in [-0.2, -0.15) is 0 Å². The first-order valence-electron chi connectivity index (χ1n) is 7.66. The summed E-state index contributed by atoms with van der Waals surface area (Å²) < 4.78 is 0. The van der Waals surface area contributed by atoms with E-state index in [2.05, 4.69) is 27.4 Å². The highest BCUT2D eigenvalue weighted by molar-refractivity contribution is 5.90. The van der Waals surface area contributed by atoms with Gasteiger partial charge in [-0.25, -0.2) is 9.97 Å². The molecule has 0 aliphatic rings. The molecule has 0 fully saturated rings. The molecule has 3 N–H and O–H groups in total. The molecule has 0 radical (unpaired) electrons. The van der Waals surface area contributed by atoms with Gasteiger partial charge in [0, 0.05) is 11.4 Å². The molecule has 0 amide bonds. The highest BCUT2D eigenvalue weighted by Gasteiger charge is 2.01. The molecule has 6 nitrogen and oxygen atoms in total. The van der Waals surface area contributed by atoms with Gasteiger partial charge in [0.15, 0.2) is 0 Å². The van der Waals surface area contributed by atoms with Gasteiger partial charge in [-0.1, -0.05) is 32.6 Å². The second-order valence-corrected chi connectivity index (χ2v) is 5.18. The molecular weight excluding hydrogens is 266 g/mol. The number of nitrogens with one attached hydrogen (secondary N) is 1. The molecule has 0 saturated carbocycles. The summed E-state index contributed by atoms with van der Waals surface area (Å²) in [6.45, 7) is 6.61.